The third kappa shape index (κ3) is 2.02. The Bertz CT molecular complexity index is 345. The summed E-state index contributed by atoms with van der Waals surface area (Å²) in [5.41, 5.74) is 7.46. The number of nitrogen functional groups attached to an aromatic ring is 1. The van der Waals surface area contributed by atoms with Crippen LogP contribution in [0, 0.1) is 24.2 Å². The molecule has 1 rings (SSSR count). The molecule has 0 saturated heterocycles. The number of hydrogen-bond donors (Lipinski definition) is 1. The van der Waals surface area contributed by atoms with Gasteiger partial charge in [0.05, 0.1) is 5.56 Å². The Morgan fingerprint density at radius 2 is 2.15 bits per heavy atom. The van der Waals surface area contributed by atoms with Crippen LogP contribution in [0.25, 0.3) is 0 Å². The Hall–Kier alpha value is -1.01. The Balaban J connectivity index is 3.05. The first-order chi connectivity index (χ1) is 6.06. The highest BCUT2D eigenvalue weighted by Crippen LogP contribution is 2.31. The maximum absolute atomic E-state index is 8.82. The summed E-state index contributed by atoms with van der Waals surface area (Å²) in [5.74, 6) is 0.614. The van der Waals surface area contributed by atoms with Crippen molar-refractivity contribution in [1.29, 1.82) is 5.26 Å². The van der Waals surface area contributed by atoms with Crippen LogP contribution < -0.4 is 5.73 Å². The lowest BCUT2D eigenvalue weighted by atomic mass is 10.1. The van der Waals surface area contributed by atoms with E-state index in [1.165, 1.54) is 4.88 Å². The quantitative estimate of drug-likeness (QED) is 0.787. The maximum atomic E-state index is 8.82. The minimum atomic E-state index is 0.614. The third-order valence-electron chi connectivity index (χ3n) is 1.98. The first-order valence-electron chi connectivity index (χ1n) is 4.34. The number of anilines is 1. The van der Waals surface area contributed by atoms with Crippen LogP contribution >= 0.6 is 11.3 Å². The zero-order valence-electron chi connectivity index (χ0n) is 8.22. The average molecular weight is 194 g/mol. The Morgan fingerprint density at radius 1 is 1.54 bits per heavy atom. The van der Waals surface area contributed by atoms with Gasteiger partial charge in [0.2, 0.25) is 0 Å². The lowest BCUT2D eigenvalue weighted by Crippen LogP contribution is -1.93. The smallest absolute Gasteiger partial charge is 0.104 e. The van der Waals surface area contributed by atoms with Crippen molar-refractivity contribution < 1.29 is 0 Å². The highest BCUT2D eigenvalue weighted by atomic mass is 32.1. The molecular weight excluding hydrogens is 180 g/mol. The summed E-state index contributed by atoms with van der Waals surface area (Å²) in [4.78, 5) is 1.25. The zero-order valence-corrected chi connectivity index (χ0v) is 9.03. The van der Waals surface area contributed by atoms with E-state index >= 15 is 0 Å². The van der Waals surface area contributed by atoms with Crippen molar-refractivity contribution in [3.63, 3.8) is 0 Å². The number of thiophene rings is 1. The molecule has 0 aliphatic heterocycles. The van der Waals surface area contributed by atoms with Crippen molar-refractivity contribution in [3.05, 3.63) is 16.0 Å². The zero-order chi connectivity index (χ0) is 10.0. The summed E-state index contributed by atoms with van der Waals surface area (Å²) in [6.07, 6.45) is 1.02. The standard InChI is InChI=1S/C10H14N2S/c1-6(2)4-9-7(3)8(5-11)10(12)13-9/h6H,4,12H2,1-3H3. The van der Waals surface area contributed by atoms with Gasteiger partial charge in [0.15, 0.2) is 0 Å². The first kappa shape index (κ1) is 10.1. The number of hydrogen-bond acceptors (Lipinski definition) is 3. The predicted molar refractivity (Wildman–Crippen MR) is 56.7 cm³/mol. The molecule has 1 heterocycles. The largest absolute Gasteiger partial charge is 0.389 e. The van der Waals surface area contributed by atoms with Gasteiger partial charge >= 0.3 is 0 Å². The number of nitrogens with zero attached hydrogens (tertiary/aromatic N) is 1. The minimum Gasteiger partial charge on any atom is -0.389 e. The molecule has 0 aliphatic carbocycles. The molecule has 0 fully saturated rings. The fraction of sp³-hybridized carbons (Fsp3) is 0.500. The van der Waals surface area contributed by atoms with E-state index in [0.717, 1.165) is 12.0 Å². The molecule has 0 radical (unpaired) electrons. The first-order valence-corrected chi connectivity index (χ1v) is 5.15. The summed E-state index contributed by atoms with van der Waals surface area (Å²) in [7, 11) is 0. The van der Waals surface area contributed by atoms with Gasteiger partial charge in [-0.3, -0.25) is 0 Å². The van der Waals surface area contributed by atoms with Crippen LogP contribution in [0.15, 0.2) is 0 Å². The third-order valence-corrected chi connectivity index (χ3v) is 3.12. The van der Waals surface area contributed by atoms with E-state index in [1.54, 1.807) is 11.3 Å². The van der Waals surface area contributed by atoms with E-state index in [4.69, 9.17) is 11.0 Å². The van der Waals surface area contributed by atoms with Crippen LogP contribution in [0.3, 0.4) is 0 Å². The van der Waals surface area contributed by atoms with Gasteiger partial charge in [-0.2, -0.15) is 5.26 Å². The van der Waals surface area contributed by atoms with Crippen LogP contribution in [0.4, 0.5) is 5.00 Å². The second kappa shape index (κ2) is 3.80. The molecule has 0 spiro atoms. The molecule has 0 aliphatic rings. The number of nitrogens with two attached hydrogens (primary N) is 1. The molecule has 70 valence electrons. The van der Waals surface area contributed by atoms with Gasteiger partial charge in [-0.25, -0.2) is 0 Å². The SMILES string of the molecule is Cc1c(CC(C)C)sc(N)c1C#N. The summed E-state index contributed by atoms with van der Waals surface area (Å²) >= 11 is 1.55. The highest BCUT2D eigenvalue weighted by Gasteiger charge is 2.12. The second-order valence-electron chi connectivity index (χ2n) is 3.60. The summed E-state index contributed by atoms with van der Waals surface area (Å²) in [5, 5.41) is 9.49. The number of nitriles is 1. The van der Waals surface area contributed by atoms with E-state index in [-0.39, 0.29) is 0 Å². The van der Waals surface area contributed by atoms with Crippen molar-refractivity contribution >= 4 is 16.3 Å². The normalized spacial score (nSPS) is 10.4. The van der Waals surface area contributed by atoms with Crippen molar-refractivity contribution in [1.82, 2.24) is 0 Å². The molecule has 2 nitrogen and oxygen atoms in total. The van der Waals surface area contributed by atoms with Gasteiger partial charge in [0.1, 0.15) is 11.1 Å². The Kier molecular flexibility index (Phi) is 2.94. The lowest BCUT2D eigenvalue weighted by molar-refractivity contribution is 0.652. The van der Waals surface area contributed by atoms with Crippen molar-refractivity contribution in [3.8, 4) is 6.07 Å². The monoisotopic (exact) mass is 194 g/mol. The van der Waals surface area contributed by atoms with Gasteiger partial charge in [-0.1, -0.05) is 13.8 Å². The lowest BCUT2D eigenvalue weighted by Gasteiger charge is -2.02. The van der Waals surface area contributed by atoms with E-state index in [0.29, 0.717) is 16.5 Å². The molecule has 3 heteroatoms. The predicted octanol–water partition coefficient (Wildman–Crippen LogP) is 2.71. The number of rotatable bonds is 2. The average Bonchev–Trinajstić information content (AvgIpc) is 2.26. The fourth-order valence-corrected chi connectivity index (χ4v) is 2.53. The maximum Gasteiger partial charge on any atom is 0.104 e. The summed E-state index contributed by atoms with van der Waals surface area (Å²) in [6.45, 7) is 6.31. The molecule has 1 aromatic heterocycles. The summed E-state index contributed by atoms with van der Waals surface area (Å²) < 4.78 is 0. The molecule has 0 bridgehead atoms. The van der Waals surface area contributed by atoms with Crippen molar-refractivity contribution in [2.24, 2.45) is 5.92 Å². The van der Waals surface area contributed by atoms with Crippen LogP contribution in [-0.2, 0) is 6.42 Å². The van der Waals surface area contributed by atoms with Crippen molar-refractivity contribution in [2.45, 2.75) is 27.2 Å². The molecule has 0 unspecified atom stereocenters. The molecule has 13 heavy (non-hydrogen) atoms. The molecule has 0 saturated carbocycles. The van der Waals surface area contributed by atoms with Crippen LogP contribution in [0.5, 0.6) is 0 Å². The van der Waals surface area contributed by atoms with Gasteiger partial charge in [-0.15, -0.1) is 11.3 Å². The molecule has 2 N–H and O–H groups in total. The summed E-state index contributed by atoms with van der Waals surface area (Å²) in [6, 6.07) is 2.14. The van der Waals surface area contributed by atoms with Gasteiger partial charge in [-0.05, 0) is 24.8 Å². The molecular formula is C10H14N2S. The molecule has 0 amide bonds. The van der Waals surface area contributed by atoms with Gasteiger partial charge in [0.25, 0.3) is 0 Å². The van der Waals surface area contributed by atoms with E-state index in [9.17, 15) is 0 Å². The highest BCUT2D eigenvalue weighted by molar-refractivity contribution is 7.16. The van der Waals surface area contributed by atoms with Crippen molar-refractivity contribution in [2.75, 3.05) is 5.73 Å². The van der Waals surface area contributed by atoms with E-state index < -0.39 is 0 Å². The van der Waals surface area contributed by atoms with Crippen LogP contribution in [-0.4, -0.2) is 0 Å². The molecule has 0 atom stereocenters. The van der Waals surface area contributed by atoms with Gasteiger partial charge in [0, 0.05) is 4.88 Å². The van der Waals surface area contributed by atoms with E-state index in [1.807, 2.05) is 6.92 Å². The van der Waals surface area contributed by atoms with Crippen LogP contribution in [0.2, 0.25) is 0 Å². The van der Waals surface area contributed by atoms with E-state index in [2.05, 4.69) is 19.9 Å². The second-order valence-corrected chi connectivity index (χ2v) is 4.74. The molecule has 0 aromatic carbocycles. The van der Waals surface area contributed by atoms with Crippen LogP contribution in [0.1, 0.15) is 29.9 Å². The molecule has 1 aromatic rings. The minimum absolute atomic E-state index is 0.614. The Labute approximate surface area is 83.0 Å². The Morgan fingerprint density at radius 3 is 2.54 bits per heavy atom. The van der Waals surface area contributed by atoms with Gasteiger partial charge < -0.3 is 5.73 Å². The fourth-order valence-electron chi connectivity index (χ4n) is 1.29. The topological polar surface area (TPSA) is 49.8 Å².